The SMILES string of the molecule is C=CCON1C(=O)N2CC(n3ccc(C(=O)N(O)[C@H]4CCN(C(=O)O)C4)n3)=CC1C2. The van der Waals surface area contributed by atoms with Crippen LogP contribution in [0.3, 0.4) is 0 Å². The first-order chi connectivity index (χ1) is 14.4. The number of aromatic nitrogens is 2. The molecule has 0 aliphatic carbocycles. The number of fused-ring (bicyclic) bond motifs is 2. The molecule has 30 heavy (non-hydrogen) atoms. The summed E-state index contributed by atoms with van der Waals surface area (Å²) in [7, 11) is 0. The highest BCUT2D eigenvalue weighted by Crippen LogP contribution is 2.26. The Morgan fingerprint density at radius 1 is 1.40 bits per heavy atom. The van der Waals surface area contributed by atoms with E-state index in [1.54, 1.807) is 17.2 Å². The smallest absolute Gasteiger partial charge is 0.407 e. The predicted molar refractivity (Wildman–Crippen MR) is 101 cm³/mol. The van der Waals surface area contributed by atoms with Crippen molar-refractivity contribution in [3.63, 3.8) is 0 Å². The van der Waals surface area contributed by atoms with Gasteiger partial charge in [0, 0.05) is 25.8 Å². The van der Waals surface area contributed by atoms with Crippen molar-refractivity contribution in [2.45, 2.75) is 18.5 Å². The molecule has 3 aliphatic heterocycles. The zero-order valence-electron chi connectivity index (χ0n) is 16.1. The number of nitrogens with zero attached hydrogens (tertiary/aromatic N) is 6. The normalized spacial score (nSPS) is 23.0. The van der Waals surface area contributed by atoms with Gasteiger partial charge in [0.15, 0.2) is 5.69 Å². The van der Waals surface area contributed by atoms with Gasteiger partial charge in [-0.15, -0.1) is 6.58 Å². The van der Waals surface area contributed by atoms with Gasteiger partial charge in [0.05, 0.1) is 30.9 Å². The molecule has 2 fully saturated rings. The molecule has 0 radical (unpaired) electrons. The van der Waals surface area contributed by atoms with Crippen molar-refractivity contribution >= 4 is 23.7 Å². The number of carbonyl (C=O) groups is 3. The van der Waals surface area contributed by atoms with Crippen molar-refractivity contribution in [2.75, 3.05) is 32.8 Å². The van der Waals surface area contributed by atoms with Gasteiger partial charge in [0.1, 0.15) is 0 Å². The van der Waals surface area contributed by atoms with E-state index in [0.29, 0.717) is 30.3 Å². The molecule has 4 heterocycles. The third-order valence-electron chi connectivity index (χ3n) is 5.33. The average molecular weight is 418 g/mol. The van der Waals surface area contributed by atoms with E-state index in [1.807, 2.05) is 6.08 Å². The number of carboxylic acid groups (broad SMARTS) is 1. The molecular formula is C18H22N6O6. The first-order valence-corrected chi connectivity index (χ1v) is 9.48. The predicted octanol–water partition coefficient (Wildman–Crippen LogP) is 0.545. The molecule has 4 amide bonds. The van der Waals surface area contributed by atoms with Crippen LogP contribution in [0.2, 0.25) is 0 Å². The minimum atomic E-state index is -1.09. The van der Waals surface area contributed by atoms with Crippen molar-refractivity contribution in [2.24, 2.45) is 0 Å². The summed E-state index contributed by atoms with van der Waals surface area (Å²) in [6.45, 7) is 4.89. The molecule has 2 N–H and O–H groups in total. The molecule has 1 aromatic heterocycles. The highest BCUT2D eigenvalue weighted by Gasteiger charge is 2.41. The van der Waals surface area contributed by atoms with E-state index >= 15 is 0 Å². The molecule has 12 heteroatoms. The number of likely N-dealkylation sites (tertiary alicyclic amines) is 1. The lowest BCUT2D eigenvalue weighted by Gasteiger charge is -2.22. The first-order valence-electron chi connectivity index (χ1n) is 9.48. The maximum atomic E-state index is 12.6. The van der Waals surface area contributed by atoms with Gasteiger partial charge in [0.25, 0.3) is 5.91 Å². The van der Waals surface area contributed by atoms with Crippen LogP contribution in [0, 0.1) is 0 Å². The number of rotatable bonds is 6. The van der Waals surface area contributed by atoms with Crippen LogP contribution >= 0.6 is 0 Å². The Morgan fingerprint density at radius 3 is 2.90 bits per heavy atom. The number of hydrogen-bond acceptors (Lipinski definition) is 6. The molecular weight excluding hydrogens is 396 g/mol. The van der Waals surface area contributed by atoms with Gasteiger partial charge >= 0.3 is 12.1 Å². The summed E-state index contributed by atoms with van der Waals surface area (Å²) < 4.78 is 1.49. The van der Waals surface area contributed by atoms with E-state index in [4.69, 9.17) is 9.94 Å². The lowest BCUT2D eigenvalue weighted by molar-refractivity contribution is -0.107. The van der Waals surface area contributed by atoms with Crippen LogP contribution in [-0.4, -0.2) is 103 Å². The van der Waals surface area contributed by atoms with Gasteiger partial charge in [-0.3, -0.25) is 14.8 Å². The van der Waals surface area contributed by atoms with Gasteiger partial charge < -0.3 is 14.9 Å². The maximum absolute atomic E-state index is 12.6. The molecule has 0 aromatic carbocycles. The molecule has 0 saturated carbocycles. The summed E-state index contributed by atoms with van der Waals surface area (Å²) in [6.07, 6.45) is 4.25. The number of urea groups is 1. The fourth-order valence-corrected chi connectivity index (χ4v) is 3.81. The summed E-state index contributed by atoms with van der Waals surface area (Å²) in [6, 6.07) is 0.320. The lowest BCUT2D eigenvalue weighted by Crippen LogP contribution is -2.40. The summed E-state index contributed by atoms with van der Waals surface area (Å²) in [5.41, 5.74) is 0.719. The second kappa shape index (κ2) is 7.80. The van der Waals surface area contributed by atoms with Crippen molar-refractivity contribution < 1.29 is 29.5 Å². The molecule has 2 bridgehead atoms. The van der Waals surface area contributed by atoms with Crippen molar-refractivity contribution in [1.29, 1.82) is 0 Å². The van der Waals surface area contributed by atoms with Crippen molar-refractivity contribution in [1.82, 2.24) is 29.7 Å². The van der Waals surface area contributed by atoms with E-state index in [2.05, 4.69) is 11.7 Å². The molecule has 2 atom stereocenters. The maximum Gasteiger partial charge on any atom is 0.407 e. The second-order valence-corrected chi connectivity index (χ2v) is 7.27. The quantitative estimate of drug-likeness (QED) is 0.392. The van der Waals surface area contributed by atoms with Crippen LogP contribution < -0.4 is 0 Å². The van der Waals surface area contributed by atoms with Gasteiger partial charge in [-0.05, 0) is 18.6 Å². The Balaban J connectivity index is 1.45. The number of carbonyl (C=O) groups excluding carboxylic acids is 2. The Morgan fingerprint density at radius 2 is 2.20 bits per heavy atom. The molecule has 160 valence electrons. The van der Waals surface area contributed by atoms with E-state index in [9.17, 15) is 19.6 Å². The lowest BCUT2D eigenvalue weighted by atomic mass is 10.2. The summed E-state index contributed by atoms with van der Waals surface area (Å²) in [4.78, 5) is 44.2. The molecule has 0 spiro atoms. The Labute approximate surface area is 171 Å². The molecule has 1 aromatic rings. The second-order valence-electron chi connectivity index (χ2n) is 7.27. The van der Waals surface area contributed by atoms with Crippen LogP contribution in [0.4, 0.5) is 9.59 Å². The van der Waals surface area contributed by atoms with Crippen LogP contribution in [0.5, 0.6) is 0 Å². The fraction of sp³-hybridized carbons (Fsp3) is 0.444. The third-order valence-corrected chi connectivity index (χ3v) is 5.33. The largest absolute Gasteiger partial charge is 0.465 e. The molecule has 12 nitrogen and oxygen atoms in total. The average Bonchev–Trinajstić information content (AvgIpc) is 3.46. The third kappa shape index (κ3) is 3.50. The van der Waals surface area contributed by atoms with Crippen LogP contribution in [-0.2, 0) is 4.84 Å². The molecule has 2 saturated heterocycles. The van der Waals surface area contributed by atoms with Gasteiger partial charge in [-0.25, -0.2) is 19.3 Å². The molecule has 4 rings (SSSR count). The van der Waals surface area contributed by atoms with Crippen LogP contribution in [0.15, 0.2) is 31.0 Å². The monoisotopic (exact) mass is 418 g/mol. The first kappa shape index (κ1) is 19.9. The summed E-state index contributed by atoms with van der Waals surface area (Å²) >= 11 is 0. The summed E-state index contributed by atoms with van der Waals surface area (Å²) in [5, 5.41) is 25.4. The minimum absolute atomic E-state index is 0.0196. The highest BCUT2D eigenvalue weighted by molar-refractivity contribution is 5.91. The van der Waals surface area contributed by atoms with Crippen molar-refractivity contribution in [3.05, 3.63) is 36.7 Å². The Hall–Kier alpha value is -3.38. The molecule has 3 aliphatic rings. The van der Waals surface area contributed by atoms with E-state index in [-0.39, 0.29) is 37.5 Å². The highest BCUT2D eigenvalue weighted by atomic mass is 16.7. The van der Waals surface area contributed by atoms with Crippen LogP contribution in [0.25, 0.3) is 5.70 Å². The van der Waals surface area contributed by atoms with E-state index in [1.165, 1.54) is 15.8 Å². The number of hydroxylamine groups is 4. The molecule has 1 unspecified atom stereocenters. The standard InChI is InChI=1S/C18H22N6O6/c1-2-7-30-24-14-8-13(10-21(11-14)17(24)26)22-6-4-15(19-22)16(25)23(29)12-3-5-20(9-12)18(27)28/h2,4,6,8,12,14,29H,1,3,5,7,9-11H2,(H,27,28)/t12-,14?/m0/s1. The fourth-order valence-electron chi connectivity index (χ4n) is 3.81. The van der Waals surface area contributed by atoms with Gasteiger partial charge in [-0.1, -0.05) is 6.08 Å². The number of hydrogen-bond donors (Lipinski definition) is 2. The topological polar surface area (TPSA) is 132 Å². The van der Waals surface area contributed by atoms with Crippen molar-refractivity contribution in [3.8, 4) is 0 Å². The minimum Gasteiger partial charge on any atom is -0.465 e. The summed E-state index contributed by atoms with van der Waals surface area (Å²) in [5.74, 6) is -0.710. The Bertz CT molecular complexity index is 913. The van der Waals surface area contributed by atoms with E-state index in [0.717, 1.165) is 4.90 Å². The Kier molecular flexibility index (Phi) is 5.18. The van der Waals surface area contributed by atoms with E-state index < -0.39 is 18.0 Å². The number of amides is 4. The zero-order chi connectivity index (χ0) is 21.4. The van der Waals surface area contributed by atoms with Gasteiger partial charge in [0.2, 0.25) is 0 Å². The zero-order valence-corrected chi connectivity index (χ0v) is 16.1. The van der Waals surface area contributed by atoms with Crippen LogP contribution in [0.1, 0.15) is 16.9 Å². The van der Waals surface area contributed by atoms with Gasteiger partial charge in [-0.2, -0.15) is 10.2 Å².